The Kier molecular flexibility index (Phi) is 8.01. The molecule has 0 amide bonds. The number of pyridine rings is 1. The van der Waals surface area contributed by atoms with Crippen molar-refractivity contribution in [3.8, 4) is 67.4 Å². The van der Waals surface area contributed by atoms with Gasteiger partial charge in [-0.2, -0.15) is 0 Å². The van der Waals surface area contributed by atoms with Crippen molar-refractivity contribution in [2.45, 2.75) is 0 Å². The Morgan fingerprint density at radius 2 is 0.860 bits per heavy atom. The number of benzene rings is 8. The molecule has 11 aromatic rings. The first-order valence-electron chi connectivity index (χ1n) is 19.2. The Labute approximate surface area is 334 Å². The molecule has 3 nitrogen and oxygen atoms in total. The van der Waals surface area contributed by atoms with E-state index in [1.807, 2.05) is 11.3 Å². The lowest BCUT2D eigenvalue weighted by Crippen LogP contribution is -1.96. The normalized spacial score (nSPS) is 11.5. The predicted molar refractivity (Wildman–Crippen MR) is 240 cm³/mol. The van der Waals surface area contributed by atoms with Crippen molar-refractivity contribution in [3.63, 3.8) is 0 Å². The van der Waals surface area contributed by atoms with E-state index in [4.69, 9.17) is 15.0 Å². The highest BCUT2D eigenvalue weighted by Crippen LogP contribution is 2.46. The molecule has 3 aromatic heterocycles. The first-order chi connectivity index (χ1) is 28.2. The maximum atomic E-state index is 5.39. The van der Waals surface area contributed by atoms with E-state index in [0.29, 0.717) is 5.82 Å². The lowest BCUT2D eigenvalue weighted by atomic mass is 9.96. The maximum absolute atomic E-state index is 5.39. The standard InChI is InChI=1S/C53H33N3S/c1-4-15-34(16-5-1)37-21-12-23-39(31-37)46-33-47(40-24-13-22-38(32-40)35-17-6-2-7-18-35)56-53(55-46)44-27-14-26-43-50-48(57-52(43)44)30-29-42-49(50)41-25-10-11-28-45(41)54-51(42)36-19-8-3-9-20-36/h1-33H. The number of hydrogen-bond acceptors (Lipinski definition) is 4. The average molecular weight is 744 g/mol. The third-order valence-corrected chi connectivity index (χ3v) is 12.1. The number of para-hydroxylation sites is 1. The Morgan fingerprint density at radius 1 is 0.333 bits per heavy atom. The van der Waals surface area contributed by atoms with E-state index in [1.165, 1.54) is 36.7 Å². The molecule has 0 aliphatic carbocycles. The Hall–Kier alpha value is -7.27. The van der Waals surface area contributed by atoms with Crippen LogP contribution >= 0.6 is 11.3 Å². The number of fused-ring (bicyclic) bond motifs is 7. The van der Waals surface area contributed by atoms with Crippen LogP contribution in [0.5, 0.6) is 0 Å². The molecule has 0 unspecified atom stereocenters. The second-order valence-electron chi connectivity index (χ2n) is 14.3. The maximum Gasteiger partial charge on any atom is 0.161 e. The van der Waals surface area contributed by atoms with Crippen LogP contribution in [0, 0.1) is 0 Å². The van der Waals surface area contributed by atoms with Gasteiger partial charge in [-0.15, -0.1) is 11.3 Å². The molecule has 0 spiro atoms. The van der Waals surface area contributed by atoms with E-state index in [2.05, 4.69) is 200 Å². The van der Waals surface area contributed by atoms with E-state index in [9.17, 15) is 0 Å². The summed E-state index contributed by atoms with van der Waals surface area (Å²) >= 11 is 1.81. The Balaban J connectivity index is 1.16. The van der Waals surface area contributed by atoms with Crippen molar-refractivity contribution in [2.24, 2.45) is 0 Å². The van der Waals surface area contributed by atoms with Crippen LogP contribution in [0.1, 0.15) is 0 Å². The van der Waals surface area contributed by atoms with Crippen LogP contribution < -0.4 is 0 Å². The fourth-order valence-electron chi connectivity index (χ4n) is 8.16. The summed E-state index contributed by atoms with van der Waals surface area (Å²) < 4.78 is 2.39. The zero-order valence-corrected chi connectivity index (χ0v) is 31.6. The highest BCUT2D eigenvalue weighted by Gasteiger charge is 2.20. The lowest BCUT2D eigenvalue weighted by molar-refractivity contribution is 1.19. The molecule has 4 heteroatoms. The first kappa shape index (κ1) is 33.1. The summed E-state index contributed by atoms with van der Waals surface area (Å²) in [5.41, 5.74) is 12.6. The van der Waals surface area contributed by atoms with Crippen LogP contribution in [0.4, 0.5) is 0 Å². The van der Waals surface area contributed by atoms with E-state index in [-0.39, 0.29) is 0 Å². The van der Waals surface area contributed by atoms with E-state index < -0.39 is 0 Å². The van der Waals surface area contributed by atoms with Gasteiger partial charge >= 0.3 is 0 Å². The van der Waals surface area contributed by atoms with Gasteiger partial charge in [-0.25, -0.2) is 15.0 Å². The molecule has 0 aliphatic heterocycles. The van der Waals surface area contributed by atoms with Crippen LogP contribution in [0.15, 0.2) is 200 Å². The summed E-state index contributed by atoms with van der Waals surface area (Å²) in [7, 11) is 0. The van der Waals surface area contributed by atoms with Gasteiger partial charge in [0.25, 0.3) is 0 Å². The third kappa shape index (κ3) is 5.86. The second-order valence-corrected chi connectivity index (χ2v) is 15.4. The second kappa shape index (κ2) is 13.8. The molecule has 0 N–H and O–H groups in total. The fourth-order valence-corrected chi connectivity index (χ4v) is 9.38. The quantitative estimate of drug-likeness (QED) is 0.159. The number of thiophene rings is 1. The van der Waals surface area contributed by atoms with Gasteiger partial charge in [-0.1, -0.05) is 164 Å². The number of aromatic nitrogens is 3. The van der Waals surface area contributed by atoms with Crippen LogP contribution in [0.3, 0.4) is 0 Å². The molecule has 266 valence electrons. The Bertz CT molecular complexity index is 3180. The molecule has 0 saturated carbocycles. The number of hydrogen-bond donors (Lipinski definition) is 0. The van der Waals surface area contributed by atoms with Gasteiger partial charge in [-0.3, -0.25) is 0 Å². The van der Waals surface area contributed by atoms with E-state index >= 15 is 0 Å². The van der Waals surface area contributed by atoms with Crippen molar-refractivity contribution >= 4 is 53.2 Å². The molecule has 8 aromatic carbocycles. The molecule has 0 saturated heterocycles. The zero-order chi connectivity index (χ0) is 37.7. The van der Waals surface area contributed by atoms with Crippen LogP contribution in [-0.2, 0) is 0 Å². The summed E-state index contributed by atoms with van der Waals surface area (Å²) in [6.45, 7) is 0. The summed E-state index contributed by atoms with van der Waals surface area (Å²) in [6.07, 6.45) is 0. The topological polar surface area (TPSA) is 38.7 Å². The highest BCUT2D eigenvalue weighted by atomic mass is 32.1. The SMILES string of the molecule is c1ccc(-c2cccc(-c3cc(-c4cccc(-c5ccccc5)c4)nc(-c4cccc5c4sc4ccc6c(-c7ccccc7)nc7ccccc7c6c45)n3)c2)cc1. The van der Waals surface area contributed by atoms with E-state index in [0.717, 1.165) is 66.8 Å². The van der Waals surface area contributed by atoms with Crippen molar-refractivity contribution in [1.29, 1.82) is 0 Å². The van der Waals surface area contributed by atoms with Crippen molar-refractivity contribution in [1.82, 2.24) is 15.0 Å². The van der Waals surface area contributed by atoms with Gasteiger partial charge in [0, 0.05) is 58.6 Å². The molecule has 0 atom stereocenters. The fraction of sp³-hybridized carbons (Fsp3) is 0. The minimum Gasteiger partial charge on any atom is -0.247 e. The van der Waals surface area contributed by atoms with Gasteiger partial charge < -0.3 is 0 Å². The van der Waals surface area contributed by atoms with Gasteiger partial charge in [0.05, 0.1) is 22.6 Å². The minimum atomic E-state index is 0.704. The molecule has 0 fully saturated rings. The van der Waals surface area contributed by atoms with Crippen molar-refractivity contribution in [3.05, 3.63) is 200 Å². The third-order valence-electron chi connectivity index (χ3n) is 10.9. The molecule has 11 rings (SSSR count). The zero-order valence-electron chi connectivity index (χ0n) is 30.8. The molecular formula is C53H33N3S. The molecule has 0 aliphatic rings. The molecule has 0 radical (unpaired) electrons. The van der Waals surface area contributed by atoms with Gasteiger partial charge in [-0.05, 0) is 58.7 Å². The molecule has 3 heterocycles. The molecule has 57 heavy (non-hydrogen) atoms. The largest absolute Gasteiger partial charge is 0.247 e. The van der Waals surface area contributed by atoms with E-state index in [1.54, 1.807) is 0 Å². The van der Waals surface area contributed by atoms with Gasteiger partial charge in [0.15, 0.2) is 5.82 Å². The first-order valence-corrected chi connectivity index (χ1v) is 20.0. The minimum absolute atomic E-state index is 0.704. The molecule has 0 bridgehead atoms. The highest BCUT2D eigenvalue weighted by molar-refractivity contribution is 7.26. The number of rotatable bonds is 6. The van der Waals surface area contributed by atoms with Crippen molar-refractivity contribution in [2.75, 3.05) is 0 Å². The summed E-state index contributed by atoms with van der Waals surface area (Å²) in [6, 6.07) is 70.7. The molecular weight excluding hydrogens is 711 g/mol. The average Bonchev–Trinajstić information content (AvgIpc) is 3.69. The monoisotopic (exact) mass is 743 g/mol. The number of nitrogens with zero attached hydrogens (tertiary/aromatic N) is 3. The van der Waals surface area contributed by atoms with Crippen LogP contribution in [0.25, 0.3) is 109 Å². The van der Waals surface area contributed by atoms with Crippen LogP contribution in [-0.4, -0.2) is 15.0 Å². The smallest absolute Gasteiger partial charge is 0.161 e. The predicted octanol–water partition coefficient (Wildman–Crippen LogP) is 14.5. The van der Waals surface area contributed by atoms with Gasteiger partial charge in [0.1, 0.15) is 0 Å². The van der Waals surface area contributed by atoms with Crippen molar-refractivity contribution < 1.29 is 0 Å². The Morgan fingerprint density at radius 3 is 1.51 bits per heavy atom. The summed E-state index contributed by atoms with van der Waals surface area (Å²) in [5, 5.41) is 5.97. The van der Waals surface area contributed by atoms with Crippen LogP contribution in [0.2, 0.25) is 0 Å². The lowest BCUT2D eigenvalue weighted by Gasteiger charge is -2.12. The van der Waals surface area contributed by atoms with Gasteiger partial charge in [0.2, 0.25) is 0 Å². The summed E-state index contributed by atoms with van der Waals surface area (Å²) in [4.78, 5) is 16.0. The summed E-state index contributed by atoms with van der Waals surface area (Å²) in [5.74, 6) is 0.704.